The monoisotopic (exact) mass is 791 g/mol. The largest absolute Gasteiger partial charge is 0.310 e. The lowest BCUT2D eigenvalue weighted by atomic mass is 9.70. The van der Waals surface area contributed by atoms with E-state index in [2.05, 4.69) is 229 Å². The Hall–Kier alpha value is -7.52. The molecule has 0 aliphatic heterocycles. The second-order valence-corrected chi connectivity index (χ2v) is 17.4. The summed E-state index contributed by atoms with van der Waals surface area (Å²) in [6.45, 7) is 0. The van der Waals surface area contributed by atoms with Crippen LogP contribution in [0.15, 0.2) is 224 Å². The third-order valence-electron chi connectivity index (χ3n) is 13.3. The molecule has 1 nitrogen and oxygen atoms in total. The summed E-state index contributed by atoms with van der Waals surface area (Å²) in [6, 6.07) is 83.5. The van der Waals surface area contributed by atoms with E-state index >= 15 is 0 Å². The highest BCUT2D eigenvalue weighted by atomic mass is 32.1. The van der Waals surface area contributed by atoms with Crippen LogP contribution in [0.3, 0.4) is 0 Å². The van der Waals surface area contributed by atoms with E-state index in [4.69, 9.17) is 0 Å². The van der Waals surface area contributed by atoms with Gasteiger partial charge in [0.1, 0.15) is 0 Å². The van der Waals surface area contributed by atoms with Crippen molar-refractivity contribution < 1.29 is 0 Å². The van der Waals surface area contributed by atoms with Gasteiger partial charge in [-0.3, -0.25) is 0 Å². The van der Waals surface area contributed by atoms with Crippen LogP contribution in [0.25, 0.3) is 75.5 Å². The van der Waals surface area contributed by atoms with Crippen molar-refractivity contribution in [1.82, 2.24) is 0 Å². The summed E-state index contributed by atoms with van der Waals surface area (Å²) in [5.74, 6) is 0. The molecule has 13 rings (SSSR count). The van der Waals surface area contributed by atoms with E-state index in [1.165, 1.54) is 97.7 Å². The topological polar surface area (TPSA) is 3.24 Å². The molecule has 11 aromatic rings. The average Bonchev–Trinajstić information content (AvgIpc) is 3.97. The van der Waals surface area contributed by atoms with Crippen LogP contribution in [-0.2, 0) is 5.41 Å². The van der Waals surface area contributed by atoms with Crippen LogP contribution in [-0.4, -0.2) is 0 Å². The minimum atomic E-state index is -0.452. The van der Waals surface area contributed by atoms with Gasteiger partial charge in [0.2, 0.25) is 0 Å². The molecular formula is C59H37NS. The summed E-state index contributed by atoms with van der Waals surface area (Å²) in [7, 11) is 0. The first-order valence-electron chi connectivity index (χ1n) is 21.1. The minimum absolute atomic E-state index is 0.452. The Kier molecular flexibility index (Phi) is 7.46. The maximum absolute atomic E-state index is 2.53. The van der Waals surface area contributed by atoms with Gasteiger partial charge in [0.25, 0.3) is 0 Å². The Morgan fingerprint density at radius 2 is 0.852 bits per heavy atom. The van der Waals surface area contributed by atoms with Gasteiger partial charge in [-0.25, -0.2) is 0 Å². The second kappa shape index (κ2) is 13.2. The fraction of sp³-hybridized carbons (Fsp3) is 0.0169. The summed E-state index contributed by atoms with van der Waals surface area (Å²) in [4.78, 5) is 2.53. The highest BCUT2D eigenvalue weighted by molar-refractivity contribution is 7.26. The smallest absolute Gasteiger partial charge is 0.0726 e. The Morgan fingerprint density at radius 1 is 0.328 bits per heavy atom. The lowest BCUT2D eigenvalue weighted by Gasteiger charge is -2.32. The number of nitrogens with zero attached hydrogens (tertiary/aromatic N) is 1. The molecule has 0 unspecified atom stereocenters. The Bertz CT molecular complexity index is 3480. The molecule has 2 heteroatoms. The SMILES string of the molecule is c1ccc(-c2cccc(N(c3ccc4c(c3)C3(c5ccccc5-c5ccccc53)c3ccccc3-4)c3cc4c(sc5cccc(-c6ccccc6)c54)c4ccccc34)c2)cc1. The van der Waals surface area contributed by atoms with Gasteiger partial charge in [-0.2, -0.15) is 0 Å². The van der Waals surface area contributed by atoms with Crippen LogP contribution in [0.5, 0.6) is 0 Å². The molecule has 10 aromatic carbocycles. The first-order valence-corrected chi connectivity index (χ1v) is 21.9. The van der Waals surface area contributed by atoms with Gasteiger partial charge in [0.15, 0.2) is 0 Å². The number of anilines is 3. The van der Waals surface area contributed by atoms with Gasteiger partial charge < -0.3 is 4.90 Å². The summed E-state index contributed by atoms with van der Waals surface area (Å²) in [5.41, 5.74) is 18.4. The van der Waals surface area contributed by atoms with Crippen molar-refractivity contribution in [3.05, 3.63) is 247 Å². The van der Waals surface area contributed by atoms with Crippen LogP contribution in [0.1, 0.15) is 22.3 Å². The van der Waals surface area contributed by atoms with Crippen molar-refractivity contribution in [2.24, 2.45) is 0 Å². The molecule has 61 heavy (non-hydrogen) atoms. The summed E-state index contributed by atoms with van der Waals surface area (Å²) in [5, 5.41) is 5.08. The molecular weight excluding hydrogens is 755 g/mol. The number of rotatable bonds is 5. The third-order valence-corrected chi connectivity index (χ3v) is 14.5. The second-order valence-electron chi connectivity index (χ2n) is 16.3. The lowest BCUT2D eigenvalue weighted by molar-refractivity contribution is 0.793. The maximum Gasteiger partial charge on any atom is 0.0726 e. The van der Waals surface area contributed by atoms with Crippen LogP contribution < -0.4 is 4.90 Å². The fourth-order valence-electron chi connectivity index (χ4n) is 10.8. The van der Waals surface area contributed by atoms with Gasteiger partial charge in [-0.05, 0) is 103 Å². The number of hydrogen-bond donors (Lipinski definition) is 0. The average molecular weight is 792 g/mol. The van der Waals surface area contributed by atoms with Crippen LogP contribution in [0.4, 0.5) is 17.1 Å². The zero-order valence-electron chi connectivity index (χ0n) is 33.2. The van der Waals surface area contributed by atoms with Gasteiger partial charge >= 0.3 is 0 Å². The summed E-state index contributed by atoms with van der Waals surface area (Å²) >= 11 is 1.90. The molecule has 1 aromatic heterocycles. The van der Waals surface area contributed by atoms with Crippen LogP contribution in [0.2, 0.25) is 0 Å². The predicted molar refractivity (Wildman–Crippen MR) is 259 cm³/mol. The molecule has 0 N–H and O–H groups in total. The van der Waals surface area contributed by atoms with E-state index < -0.39 is 5.41 Å². The van der Waals surface area contributed by atoms with Crippen molar-refractivity contribution >= 4 is 59.3 Å². The number of benzene rings is 10. The molecule has 0 fully saturated rings. The molecule has 284 valence electrons. The first-order chi connectivity index (χ1) is 30.3. The molecule has 0 radical (unpaired) electrons. The minimum Gasteiger partial charge on any atom is -0.310 e. The highest BCUT2D eigenvalue weighted by Crippen LogP contribution is 2.63. The van der Waals surface area contributed by atoms with Crippen molar-refractivity contribution in [2.75, 3.05) is 4.90 Å². The van der Waals surface area contributed by atoms with Gasteiger partial charge in [0.05, 0.1) is 11.1 Å². The molecule has 0 saturated carbocycles. The molecule has 0 saturated heterocycles. The van der Waals surface area contributed by atoms with E-state index in [1.54, 1.807) is 0 Å². The van der Waals surface area contributed by atoms with Crippen molar-refractivity contribution in [1.29, 1.82) is 0 Å². The number of fused-ring (bicyclic) bond motifs is 15. The van der Waals surface area contributed by atoms with Gasteiger partial charge in [-0.1, -0.05) is 188 Å². The zero-order chi connectivity index (χ0) is 40.1. The van der Waals surface area contributed by atoms with Crippen molar-refractivity contribution in [3.63, 3.8) is 0 Å². The first kappa shape index (κ1) is 34.4. The van der Waals surface area contributed by atoms with Crippen molar-refractivity contribution in [3.8, 4) is 44.5 Å². The molecule has 1 heterocycles. The molecule has 0 bridgehead atoms. The standard InChI is InChI=1S/C59H37NS/c1-3-17-38(18-4-1)40-21-15-22-41(35-40)60(55-37-50-57-43(39-19-5-2-6-20-39)28-16-32-56(57)61-58(50)49-27-8-7-26-48(49)55)42-33-34-47-46-25-11-14-31-53(46)59(54(47)36-42)51-29-12-9-23-44(51)45-24-10-13-30-52(45)59/h1-37H. The predicted octanol–water partition coefficient (Wildman–Crippen LogP) is 16.4. The van der Waals surface area contributed by atoms with E-state index in [0.29, 0.717) is 0 Å². The molecule has 0 amide bonds. The molecule has 2 aliphatic rings. The van der Waals surface area contributed by atoms with Crippen LogP contribution >= 0.6 is 11.3 Å². The third kappa shape index (κ3) is 4.88. The van der Waals surface area contributed by atoms with E-state index in [9.17, 15) is 0 Å². The lowest BCUT2D eigenvalue weighted by Crippen LogP contribution is -2.26. The fourth-order valence-corrected chi connectivity index (χ4v) is 12.0. The quantitative estimate of drug-likeness (QED) is 0.168. The van der Waals surface area contributed by atoms with E-state index in [-0.39, 0.29) is 0 Å². The summed E-state index contributed by atoms with van der Waals surface area (Å²) in [6.07, 6.45) is 0. The Labute approximate surface area is 359 Å². The van der Waals surface area contributed by atoms with Gasteiger partial charge in [-0.15, -0.1) is 11.3 Å². The maximum atomic E-state index is 2.53. The van der Waals surface area contributed by atoms with E-state index in [1.807, 2.05) is 11.3 Å². The van der Waals surface area contributed by atoms with Crippen LogP contribution in [0, 0.1) is 0 Å². The highest BCUT2D eigenvalue weighted by Gasteiger charge is 2.51. The molecule has 0 atom stereocenters. The Balaban J connectivity index is 1.13. The normalized spacial score (nSPS) is 13.0. The Morgan fingerprint density at radius 3 is 1.54 bits per heavy atom. The molecule has 2 aliphatic carbocycles. The van der Waals surface area contributed by atoms with E-state index in [0.717, 1.165) is 17.1 Å². The summed E-state index contributed by atoms with van der Waals surface area (Å²) < 4.78 is 2.62. The number of hydrogen-bond acceptors (Lipinski definition) is 2. The number of thiophene rings is 1. The van der Waals surface area contributed by atoms with Crippen molar-refractivity contribution in [2.45, 2.75) is 5.41 Å². The zero-order valence-corrected chi connectivity index (χ0v) is 34.0. The van der Waals surface area contributed by atoms with Gasteiger partial charge in [0, 0.05) is 42.3 Å². The molecule has 1 spiro atoms.